The Morgan fingerprint density at radius 3 is 1.92 bits per heavy atom. The number of carbonyl (C=O) groups is 2. The molecule has 2 aliphatic rings. The summed E-state index contributed by atoms with van der Waals surface area (Å²) < 4.78 is 0.928. The second kappa shape index (κ2) is 5.76. The van der Waals surface area contributed by atoms with Gasteiger partial charge in [0, 0.05) is 17.3 Å². The summed E-state index contributed by atoms with van der Waals surface area (Å²) in [6, 6.07) is 14.6. The standard InChI is InChI=1S/C21H20BrNO3/c1-13(2)21(26)11-20(12-21,14-7-9-15(22)10-8-14)23-18(24)16-5-3-4-6-17(16)19(23)25/h3-10,13,26H,11-12H2,1-2H3/t20-,21+. The minimum Gasteiger partial charge on any atom is -0.389 e. The van der Waals surface area contributed by atoms with Gasteiger partial charge in [-0.05, 0) is 35.7 Å². The van der Waals surface area contributed by atoms with Gasteiger partial charge in [-0.25, -0.2) is 0 Å². The molecule has 4 rings (SSSR count). The van der Waals surface area contributed by atoms with Crippen molar-refractivity contribution in [2.45, 2.75) is 37.8 Å². The highest BCUT2D eigenvalue weighted by Gasteiger charge is 2.63. The molecule has 0 aromatic heterocycles. The third kappa shape index (κ3) is 2.30. The van der Waals surface area contributed by atoms with Crippen LogP contribution in [0.5, 0.6) is 0 Å². The van der Waals surface area contributed by atoms with Crippen LogP contribution >= 0.6 is 15.9 Å². The summed E-state index contributed by atoms with van der Waals surface area (Å²) in [4.78, 5) is 27.5. The predicted octanol–water partition coefficient (Wildman–Crippen LogP) is 4.12. The molecule has 0 radical (unpaired) electrons. The van der Waals surface area contributed by atoms with Crippen molar-refractivity contribution in [3.63, 3.8) is 0 Å². The minimum absolute atomic E-state index is 0.0428. The first-order valence-electron chi connectivity index (χ1n) is 8.75. The first-order valence-corrected chi connectivity index (χ1v) is 9.54. The van der Waals surface area contributed by atoms with E-state index in [1.165, 1.54) is 4.90 Å². The maximum absolute atomic E-state index is 13.1. The Balaban J connectivity index is 1.82. The highest BCUT2D eigenvalue weighted by atomic mass is 79.9. The number of rotatable bonds is 3. The van der Waals surface area contributed by atoms with Gasteiger partial charge in [0.2, 0.25) is 0 Å². The van der Waals surface area contributed by atoms with E-state index in [4.69, 9.17) is 0 Å². The molecule has 4 nitrogen and oxygen atoms in total. The van der Waals surface area contributed by atoms with Crippen molar-refractivity contribution in [2.24, 2.45) is 5.92 Å². The molecule has 2 aromatic rings. The van der Waals surface area contributed by atoms with Crippen LogP contribution < -0.4 is 0 Å². The molecule has 0 unspecified atom stereocenters. The van der Waals surface area contributed by atoms with E-state index in [1.54, 1.807) is 24.3 Å². The molecule has 0 spiro atoms. The van der Waals surface area contributed by atoms with Gasteiger partial charge in [0.25, 0.3) is 11.8 Å². The van der Waals surface area contributed by atoms with Crippen molar-refractivity contribution in [1.29, 1.82) is 0 Å². The van der Waals surface area contributed by atoms with Gasteiger partial charge in [-0.3, -0.25) is 14.5 Å². The molecule has 1 aliphatic carbocycles. The molecule has 0 bridgehead atoms. The third-order valence-corrected chi connectivity index (χ3v) is 6.40. The minimum atomic E-state index is -0.886. The van der Waals surface area contributed by atoms with Crippen molar-refractivity contribution < 1.29 is 14.7 Å². The fraction of sp³-hybridized carbons (Fsp3) is 0.333. The van der Waals surface area contributed by atoms with E-state index in [0.717, 1.165) is 10.0 Å². The summed E-state index contributed by atoms with van der Waals surface area (Å²) in [6.45, 7) is 3.93. The van der Waals surface area contributed by atoms with E-state index < -0.39 is 11.1 Å². The molecule has 5 heteroatoms. The number of nitrogens with zero attached hydrogens (tertiary/aromatic N) is 1. The first-order chi connectivity index (χ1) is 12.3. The summed E-state index contributed by atoms with van der Waals surface area (Å²) in [5.74, 6) is -0.514. The number of halogens is 1. The highest BCUT2D eigenvalue weighted by Crippen LogP contribution is 2.57. The molecule has 2 aromatic carbocycles. The van der Waals surface area contributed by atoms with Gasteiger partial charge in [0.15, 0.2) is 0 Å². The zero-order valence-electron chi connectivity index (χ0n) is 14.7. The number of hydrogen-bond donors (Lipinski definition) is 1. The van der Waals surface area contributed by atoms with Gasteiger partial charge in [-0.2, -0.15) is 0 Å². The van der Waals surface area contributed by atoms with Crippen LogP contribution in [0.25, 0.3) is 0 Å². The van der Waals surface area contributed by atoms with Crippen molar-refractivity contribution >= 4 is 27.7 Å². The van der Waals surface area contributed by atoms with Crippen LogP contribution in [0.4, 0.5) is 0 Å². The van der Waals surface area contributed by atoms with Gasteiger partial charge in [-0.15, -0.1) is 0 Å². The van der Waals surface area contributed by atoms with Crippen LogP contribution in [0, 0.1) is 5.92 Å². The lowest BCUT2D eigenvalue weighted by atomic mass is 9.57. The predicted molar refractivity (Wildman–Crippen MR) is 102 cm³/mol. The number of carbonyl (C=O) groups excluding carboxylic acids is 2. The van der Waals surface area contributed by atoms with Gasteiger partial charge in [0.1, 0.15) is 0 Å². The van der Waals surface area contributed by atoms with Gasteiger partial charge < -0.3 is 5.11 Å². The lowest BCUT2D eigenvalue weighted by Gasteiger charge is -2.58. The molecule has 0 atom stereocenters. The third-order valence-electron chi connectivity index (χ3n) is 5.88. The van der Waals surface area contributed by atoms with Crippen LogP contribution in [0.3, 0.4) is 0 Å². The number of amides is 2. The maximum atomic E-state index is 13.1. The molecule has 1 fully saturated rings. The average Bonchev–Trinajstić information content (AvgIpc) is 2.84. The molecule has 1 heterocycles. The SMILES string of the molecule is CC(C)[C@]1(O)C[C@@](c2ccc(Br)cc2)(N2C(=O)c3ccccc3C2=O)C1. The van der Waals surface area contributed by atoms with Gasteiger partial charge in [-0.1, -0.05) is 54.0 Å². The van der Waals surface area contributed by atoms with E-state index in [9.17, 15) is 14.7 Å². The monoisotopic (exact) mass is 413 g/mol. The lowest BCUT2D eigenvalue weighted by molar-refractivity contribution is -0.156. The summed E-state index contributed by atoms with van der Waals surface area (Å²) >= 11 is 3.43. The second-order valence-corrected chi connectivity index (χ2v) is 8.56. The lowest BCUT2D eigenvalue weighted by Crippen LogP contribution is -2.66. The van der Waals surface area contributed by atoms with Crippen molar-refractivity contribution in [2.75, 3.05) is 0 Å². The molecule has 134 valence electrons. The van der Waals surface area contributed by atoms with E-state index >= 15 is 0 Å². The largest absolute Gasteiger partial charge is 0.389 e. The number of aliphatic hydroxyl groups is 1. The summed E-state index contributed by atoms with van der Waals surface area (Å²) in [5, 5.41) is 10.9. The van der Waals surface area contributed by atoms with Gasteiger partial charge >= 0.3 is 0 Å². The van der Waals surface area contributed by atoms with E-state index in [-0.39, 0.29) is 17.7 Å². The number of hydrogen-bond acceptors (Lipinski definition) is 3. The van der Waals surface area contributed by atoms with E-state index in [0.29, 0.717) is 24.0 Å². The zero-order chi connectivity index (χ0) is 18.7. The van der Waals surface area contributed by atoms with Crippen LogP contribution in [-0.4, -0.2) is 27.4 Å². The molecule has 0 saturated heterocycles. The van der Waals surface area contributed by atoms with Crippen molar-refractivity contribution in [1.82, 2.24) is 4.90 Å². The summed E-state index contributed by atoms with van der Waals surface area (Å²) in [7, 11) is 0. The summed E-state index contributed by atoms with van der Waals surface area (Å²) in [5.41, 5.74) is 0.0541. The van der Waals surface area contributed by atoms with E-state index in [1.807, 2.05) is 38.1 Å². The Kier molecular flexibility index (Phi) is 3.86. The molecule has 1 aliphatic heterocycles. The van der Waals surface area contributed by atoms with Gasteiger partial charge in [0.05, 0.1) is 22.3 Å². The highest BCUT2D eigenvalue weighted by molar-refractivity contribution is 9.10. The Morgan fingerprint density at radius 2 is 1.46 bits per heavy atom. The zero-order valence-corrected chi connectivity index (χ0v) is 16.3. The van der Waals surface area contributed by atoms with Crippen LogP contribution in [-0.2, 0) is 5.54 Å². The molecular formula is C21H20BrNO3. The molecule has 2 amide bonds. The Hall–Kier alpha value is -1.98. The number of benzene rings is 2. The fourth-order valence-electron chi connectivity index (χ4n) is 4.20. The number of imide groups is 1. The first kappa shape index (κ1) is 17.4. The Morgan fingerprint density at radius 1 is 0.962 bits per heavy atom. The second-order valence-electron chi connectivity index (χ2n) is 7.64. The van der Waals surface area contributed by atoms with Crippen LogP contribution in [0.1, 0.15) is 53.0 Å². The summed E-state index contributed by atoms with van der Waals surface area (Å²) in [6.07, 6.45) is 0.704. The van der Waals surface area contributed by atoms with E-state index in [2.05, 4.69) is 15.9 Å². The molecule has 1 saturated carbocycles. The smallest absolute Gasteiger partial charge is 0.262 e. The molecule has 26 heavy (non-hydrogen) atoms. The topological polar surface area (TPSA) is 57.6 Å². The fourth-order valence-corrected chi connectivity index (χ4v) is 4.46. The normalized spacial score (nSPS) is 27.7. The average molecular weight is 414 g/mol. The number of fused-ring (bicyclic) bond motifs is 1. The Bertz CT molecular complexity index is 863. The van der Waals surface area contributed by atoms with Crippen molar-refractivity contribution in [3.05, 3.63) is 69.7 Å². The van der Waals surface area contributed by atoms with Crippen LogP contribution in [0.2, 0.25) is 0 Å². The van der Waals surface area contributed by atoms with Crippen molar-refractivity contribution in [3.8, 4) is 0 Å². The Labute approximate surface area is 161 Å². The van der Waals surface area contributed by atoms with Crippen LogP contribution in [0.15, 0.2) is 53.0 Å². The quantitative estimate of drug-likeness (QED) is 0.769. The molecular weight excluding hydrogens is 394 g/mol. The maximum Gasteiger partial charge on any atom is 0.262 e. The molecule has 1 N–H and O–H groups in total.